The molecule has 0 saturated heterocycles. The minimum absolute atomic E-state index is 0.349. The van der Waals surface area contributed by atoms with Crippen LogP contribution in [0.15, 0.2) is 10.2 Å². The van der Waals surface area contributed by atoms with E-state index in [2.05, 4.69) is 31.0 Å². The van der Waals surface area contributed by atoms with Gasteiger partial charge in [-0.25, -0.2) is 0 Å². The molecule has 0 spiro atoms. The van der Waals surface area contributed by atoms with Crippen LogP contribution < -0.4 is 5.73 Å². The highest BCUT2D eigenvalue weighted by molar-refractivity contribution is 8.15. The van der Waals surface area contributed by atoms with Crippen LogP contribution in [0.3, 0.4) is 0 Å². The second-order valence-corrected chi connectivity index (χ2v) is 6.82. The van der Waals surface area contributed by atoms with Crippen LogP contribution in [0, 0.1) is 16.7 Å². The Balaban J connectivity index is 2.12. The monoisotopic (exact) mass is 223 g/mol. The first-order chi connectivity index (χ1) is 6.97. The van der Waals surface area contributed by atoms with E-state index in [9.17, 15) is 0 Å². The predicted octanol–water partition coefficient (Wildman–Crippen LogP) is 2.23. The lowest BCUT2D eigenvalue weighted by molar-refractivity contribution is 0.157. The van der Waals surface area contributed by atoms with Crippen LogP contribution in [-0.4, -0.2) is 16.1 Å². The fraction of sp³-hybridized carbons (Fsp3) is 0.818. The molecule has 15 heavy (non-hydrogen) atoms. The van der Waals surface area contributed by atoms with Crippen LogP contribution in [0.25, 0.3) is 0 Å². The largest absolute Gasteiger partial charge is 0.377 e. The van der Waals surface area contributed by atoms with Crippen molar-refractivity contribution >= 4 is 22.6 Å². The maximum Gasteiger partial charge on any atom is 0.181 e. The first-order valence-corrected chi connectivity index (χ1v) is 6.42. The summed E-state index contributed by atoms with van der Waals surface area (Å²) in [6.45, 7) is 7.15. The fourth-order valence-electron chi connectivity index (χ4n) is 3.58. The smallest absolute Gasteiger partial charge is 0.181 e. The highest BCUT2D eigenvalue weighted by Gasteiger charge is 2.65. The highest BCUT2D eigenvalue weighted by atomic mass is 32.2. The van der Waals surface area contributed by atoms with Gasteiger partial charge < -0.3 is 5.73 Å². The average molecular weight is 223 g/mol. The third-order valence-corrected chi connectivity index (χ3v) is 6.32. The normalized spacial score (nSPS) is 46.1. The zero-order chi connectivity index (χ0) is 10.8. The molecule has 2 fully saturated rings. The minimum Gasteiger partial charge on any atom is -0.377 e. The summed E-state index contributed by atoms with van der Waals surface area (Å²) in [7, 11) is 0. The molecule has 0 aromatic heterocycles. The molecular formula is C11H17N3S. The van der Waals surface area contributed by atoms with Gasteiger partial charge in [-0.2, -0.15) is 5.10 Å². The summed E-state index contributed by atoms with van der Waals surface area (Å²) in [5.74, 6) is 0.622. The average Bonchev–Trinajstić information content (AvgIpc) is 2.48. The van der Waals surface area contributed by atoms with E-state index in [0.717, 1.165) is 0 Å². The van der Waals surface area contributed by atoms with Crippen LogP contribution in [0.4, 0.5) is 0 Å². The van der Waals surface area contributed by atoms with Crippen molar-refractivity contribution in [2.45, 2.75) is 38.9 Å². The fourth-order valence-corrected chi connectivity index (χ4v) is 4.93. The standard InChI is InChI=1S/C11H17N3S/c1-10(2)6-4-5-11(10,3)8-7(6)13-14-9(12)15-8/h6,8H,4-5H2,1-3H3,(H2,12,14)/t6-,8-,11+/m0/s1. The van der Waals surface area contributed by atoms with Crippen LogP contribution in [0.1, 0.15) is 33.6 Å². The number of thioether (sulfide) groups is 1. The molecule has 0 aromatic carbocycles. The van der Waals surface area contributed by atoms with E-state index in [1.807, 2.05) is 0 Å². The maximum absolute atomic E-state index is 5.78. The van der Waals surface area contributed by atoms with Gasteiger partial charge in [0.25, 0.3) is 0 Å². The summed E-state index contributed by atoms with van der Waals surface area (Å²) >= 11 is 1.72. The molecule has 2 bridgehead atoms. The second kappa shape index (κ2) is 2.59. The van der Waals surface area contributed by atoms with Crippen molar-refractivity contribution in [3.63, 3.8) is 0 Å². The number of amidine groups is 1. The van der Waals surface area contributed by atoms with E-state index in [0.29, 0.717) is 27.2 Å². The van der Waals surface area contributed by atoms with Crippen molar-refractivity contribution in [1.29, 1.82) is 0 Å². The molecule has 1 heterocycles. The van der Waals surface area contributed by atoms with Crippen LogP contribution in [0.5, 0.6) is 0 Å². The maximum atomic E-state index is 5.78. The first kappa shape index (κ1) is 9.70. The second-order valence-electron chi connectivity index (χ2n) is 5.69. The van der Waals surface area contributed by atoms with Crippen molar-refractivity contribution in [3.05, 3.63) is 0 Å². The van der Waals surface area contributed by atoms with Gasteiger partial charge in [-0.05, 0) is 23.7 Å². The van der Waals surface area contributed by atoms with Gasteiger partial charge in [0.2, 0.25) is 0 Å². The summed E-state index contributed by atoms with van der Waals surface area (Å²) < 4.78 is 0. The molecule has 2 N–H and O–H groups in total. The van der Waals surface area contributed by atoms with Gasteiger partial charge in [0, 0.05) is 5.92 Å². The molecule has 2 aliphatic carbocycles. The Morgan fingerprint density at radius 3 is 2.80 bits per heavy atom. The van der Waals surface area contributed by atoms with Crippen LogP contribution >= 0.6 is 11.8 Å². The molecule has 2 saturated carbocycles. The Kier molecular flexibility index (Phi) is 1.68. The molecular weight excluding hydrogens is 206 g/mol. The molecule has 0 aromatic rings. The van der Waals surface area contributed by atoms with Crippen molar-refractivity contribution in [3.8, 4) is 0 Å². The summed E-state index contributed by atoms with van der Waals surface area (Å²) in [5, 5.41) is 9.50. The van der Waals surface area contributed by atoms with Crippen LogP contribution in [0.2, 0.25) is 0 Å². The van der Waals surface area contributed by atoms with Crippen molar-refractivity contribution in [1.82, 2.24) is 0 Å². The number of rotatable bonds is 0. The lowest BCUT2D eigenvalue weighted by Gasteiger charge is -2.38. The minimum atomic E-state index is 0.349. The molecule has 0 unspecified atom stereocenters. The molecule has 3 rings (SSSR count). The lowest BCUT2D eigenvalue weighted by atomic mass is 9.71. The van der Waals surface area contributed by atoms with E-state index in [1.165, 1.54) is 18.6 Å². The number of nitrogens with zero attached hydrogens (tertiary/aromatic N) is 2. The number of hydrogen-bond acceptors (Lipinski definition) is 4. The van der Waals surface area contributed by atoms with Crippen molar-refractivity contribution in [2.24, 2.45) is 32.7 Å². The van der Waals surface area contributed by atoms with Crippen molar-refractivity contribution < 1.29 is 0 Å². The van der Waals surface area contributed by atoms with Gasteiger partial charge >= 0.3 is 0 Å². The summed E-state index contributed by atoms with van der Waals surface area (Å²) in [4.78, 5) is 0. The Morgan fingerprint density at radius 2 is 2.07 bits per heavy atom. The topological polar surface area (TPSA) is 50.7 Å². The molecule has 82 valence electrons. The summed E-state index contributed by atoms with van der Waals surface area (Å²) in [6, 6.07) is 0. The summed E-state index contributed by atoms with van der Waals surface area (Å²) in [5.41, 5.74) is 7.77. The predicted molar refractivity (Wildman–Crippen MR) is 65.0 cm³/mol. The van der Waals surface area contributed by atoms with Crippen molar-refractivity contribution in [2.75, 3.05) is 0 Å². The molecule has 3 atom stereocenters. The number of nitrogens with two attached hydrogens (primary N) is 1. The zero-order valence-electron chi connectivity index (χ0n) is 9.45. The van der Waals surface area contributed by atoms with Gasteiger partial charge in [-0.1, -0.05) is 32.5 Å². The first-order valence-electron chi connectivity index (χ1n) is 5.54. The Hall–Kier alpha value is -0.510. The van der Waals surface area contributed by atoms with Gasteiger partial charge in [-0.3, -0.25) is 0 Å². The number of fused-ring (bicyclic) bond motifs is 5. The lowest BCUT2D eigenvalue weighted by Crippen LogP contribution is -2.38. The van der Waals surface area contributed by atoms with E-state index in [1.54, 1.807) is 11.8 Å². The third-order valence-electron chi connectivity index (χ3n) is 5.00. The zero-order valence-corrected chi connectivity index (χ0v) is 10.3. The van der Waals surface area contributed by atoms with Gasteiger partial charge in [-0.15, -0.1) is 5.10 Å². The van der Waals surface area contributed by atoms with E-state index in [-0.39, 0.29) is 0 Å². The SMILES string of the molecule is CC1(C)[C@H]2CC[C@]1(C)[C@H]1SC(N)=NN=C21. The van der Waals surface area contributed by atoms with Gasteiger partial charge in [0.05, 0.1) is 11.0 Å². The van der Waals surface area contributed by atoms with Crippen LogP contribution in [-0.2, 0) is 0 Å². The highest BCUT2D eigenvalue weighted by Crippen LogP contribution is 2.67. The number of hydrogen-bond donors (Lipinski definition) is 1. The molecule has 0 radical (unpaired) electrons. The van der Waals surface area contributed by atoms with E-state index in [4.69, 9.17) is 5.73 Å². The molecule has 3 aliphatic rings. The Bertz CT molecular complexity index is 385. The molecule has 4 heteroatoms. The summed E-state index contributed by atoms with van der Waals surface area (Å²) in [6.07, 6.45) is 2.57. The van der Waals surface area contributed by atoms with Gasteiger partial charge in [0.1, 0.15) is 0 Å². The van der Waals surface area contributed by atoms with E-state index < -0.39 is 0 Å². The molecule has 1 aliphatic heterocycles. The Labute approximate surface area is 94.6 Å². The molecule has 3 nitrogen and oxygen atoms in total. The molecule has 0 amide bonds. The Morgan fingerprint density at radius 1 is 1.33 bits per heavy atom. The van der Waals surface area contributed by atoms with E-state index >= 15 is 0 Å². The van der Waals surface area contributed by atoms with Gasteiger partial charge in [0.15, 0.2) is 5.17 Å². The third kappa shape index (κ3) is 0.942. The quantitative estimate of drug-likeness (QED) is 0.684.